The largest absolute Gasteiger partial charge is 0.348 e. The minimum Gasteiger partial charge on any atom is -0.348 e. The third kappa shape index (κ3) is 6.49. The monoisotopic (exact) mass is 399 g/mol. The molecule has 3 N–H and O–H groups in total. The average Bonchev–Trinajstić information content (AvgIpc) is 2.66. The molecule has 0 aromatic heterocycles. The molecular weight excluding hydrogens is 370 g/mol. The van der Waals surface area contributed by atoms with Crippen molar-refractivity contribution in [2.45, 2.75) is 56.0 Å². The first-order valence-electron chi connectivity index (χ1n) is 9.01. The second-order valence-corrected chi connectivity index (χ2v) is 7.71. The maximum Gasteiger partial charge on any atom is 0.252 e. The smallest absolute Gasteiger partial charge is 0.252 e. The number of benzene rings is 1. The fraction of sp³-hybridized carbons (Fsp3) is 0.579. The van der Waals surface area contributed by atoms with Crippen LogP contribution in [0, 0.1) is 0 Å². The number of nitrogens with two attached hydrogens (primary N) is 1. The number of hydrogen-bond donors (Lipinski definition) is 2. The van der Waals surface area contributed by atoms with Crippen LogP contribution < -0.4 is 11.1 Å². The summed E-state index contributed by atoms with van der Waals surface area (Å²) in [6.45, 7) is 2.27. The summed E-state index contributed by atoms with van der Waals surface area (Å²) in [4.78, 5) is 27.6. The van der Waals surface area contributed by atoms with Gasteiger partial charge in [0.25, 0.3) is 5.91 Å². The molecule has 0 saturated heterocycles. The number of carbonyl (C=O) groups is 2. The minimum absolute atomic E-state index is 0. The predicted molar refractivity (Wildman–Crippen MR) is 110 cm³/mol. The van der Waals surface area contributed by atoms with Crippen molar-refractivity contribution in [3.8, 4) is 0 Å². The van der Waals surface area contributed by atoms with Crippen LogP contribution in [0.5, 0.6) is 0 Å². The first-order valence-corrected chi connectivity index (χ1v) is 10.00. The maximum atomic E-state index is 12.5. The van der Waals surface area contributed by atoms with E-state index in [1.807, 2.05) is 37.1 Å². The van der Waals surface area contributed by atoms with Crippen LogP contribution in [0.3, 0.4) is 0 Å². The number of thioether (sulfide) groups is 1. The van der Waals surface area contributed by atoms with E-state index in [1.54, 1.807) is 6.07 Å². The molecule has 146 valence electrons. The summed E-state index contributed by atoms with van der Waals surface area (Å²) < 4.78 is 0. The van der Waals surface area contributed by atoms with E-state index in [2.05, 4.69) is 5.32 Å². The van der Waals surface area contributed by atoms with E-state index < -0.39 is 0 Å². The van der Waals surface area contributed by atoms with Crippen molar-refractivity contribution in [2.75, 3.05) is 19.3 Å². The highest BCUT2D eigenvalue weighted by molar-refractivity contribution is 8.00. The molecular formula is C19H30ClN3O2S. The van der Waals surface area contributed by atoms with E-state index in [9.17, 15) is 9.59 Å². The Morgan fingerprint density at radius 2 is 1.92 bits per heavy atom. The van der Waals surface area contributed by atoms with Crippen LogP contribution in [0.1, 0.15) is 49.4 Å². The van der Waals surface area contributed by atoms with Gasteiger partial charge < -0.3 is 16.0 Å². The zero-order chi connectivity index (χ0) is 18.2. The molecule has 0 radical (unpaired) electrons. The zero-order valence-corrected chi connectivity index (χ0v) is 17.2. The first-order chi connectivity index (χ1) is 12.0. The molecule has 1 aromatic rings. The highest BCUT2D eigenvalue weighted by Gasteiger charge is 2.22. The second-order valence-electron chi connectivity index (χ2n) is 6.69. The number of nitrogens with zero attached hydrogens (tertiary/aromatic N) is 1. The number of carbonyl (C=O) groups excluding carboxylic acids is 2. The number of rotatable bonds is 7. The van der Waals surface area contributed by atoms with Gasteiger partial charge in [-0.25, -0.2) is 0 Å². The van der Waals surface area contributed by atoms with E-state index in [1.165, 1.54) is 31.0 Å². The van der Waals surface area contributed by atoms with Crippen LogP contribution in [-0.2, 0) is 4.79 Å². The van der Waals surface area contributed by atoms with E-state index >= 15 is 0 Å². The van der Waals surface area contributed by atoms with Crippen molar-refractivity contribution in [3.05, 3.63) is 29.8 Å². The van der Waals surface area contributed by atoms with Crippen LogP contribution >= 0.6 is 24.2 Å². The Bertz CT molecular complexity index is 594. The van der Waals surface area contributed by atoms with Gasteiger partial charge in [-0.15, -0.1) is 24.2 Å². The standard InChI is InChI=1S/C19H29N3O2S.ClH/c1-14(12-20)21-19(24)16-10-6-7-11-17(16)25-13-18(23)22(2)15-8-4-3-5-9-15;/h6-7,10-11,14-15H,3-5,8-9,12-13,20H2,1-2H3,(H,21,24);1H/t14-;/m0./s1. The normalized spacial score (nSPS) is 15.7. The van der Waals surface area contributed by atoms with Gasteiger partial charge in [-0.1, -0.05) is 31.4 Å². The first kappa shape index (κ1) is 22.8. The number of nitrogens with one attached hydrogen (secondary N) is 1. The Morgan fingerprint density at radius 3 is 2.58 bits per heavy atom. The minimum atomic E-state index is -0.144. The fourth-order valence-corrected chi connectivity index (χ4v) is 4.03. The van der Waals surface area contributed by atoms with Gasteiger partial charge in [-0.3, -0.25) is 9.59 Å². The van der Waals surface area contributed by atoms with Crippen LogP contribution in [0.25, 0.3) is 0 Å². The van der Waals surface area contributed by atoms with E-state index in [0.29, 0.717) is 23.9 Å². The molecule has 1 atom stereocenters. The number of amides is 2. The van der Waals surface area contributed by atoms with E-state index in [-0.39, 0.29) is 30.3 Å². The van der Waals surface area contributed by atoms with Gasteiger partial charge in [0.15, 0.2) is 0 Å². The van der Waals surface area contributed by atoms with Gasteiger partial charge in [0, 0.05) is 30.6 Å². The lowest BCUT2D eigenvalue weighted by molar-refractivity contribution is -0.129. The van der Waals surface area contributed by atoms with Crippen molar-refractivity contribution < 1.29 is 9.59 Å². The number of halogens is 1. The van der Waals surface area contributed by atoms with Crippen LogP contribution in [0.4, 0.5) is 0 Å². The molecule has 5 nitrogen and oxygen atoms in total. The lowest BCUT2D eigenvalue weighted by Gasteiger charge is -2.31. The lowest BCUT2D eigenvalue weighted by Crippen LogP contribution is -2.39. The van der Waals surface area contributed by atoms with Gasteiger partial charge >= 0.3 is 0 Å². The average molecular weight is 400 g/mol. The van der Waals surface area contributed by atoms with Crippen LogP contribution in [0.2, 0.25) is 0 Å². The third-order valence-corrected chi connectivity index (χ3v) is 5.79. The summed E-state index contributed by atoms with van der Waals surface area (Å²) in [5.41, 5.74) is 6.17. The molecule has 1 aromatic carbocycles. The molecule has 1 aliphatic rings. The molecule has 26 heavy (non-hydrogen) atoms. The molecule has 7 heteroatoms. The summed E-state index contributed by atoms with van der Waals surface area (Å²) in [5, 5.41) is 2.88. The Balaban J connectivity index is 0.00000338. The third-order valence-electron chi connectivity index (χ3n) is 4.73. The molecule has 2 amide bonds. The molecule has 0 aliphatic heterocycles. The maximum absolute atomic E-state index is 12.5. The molecule has 1 fully saturated rings. The van der Waals surface area contributed by atoms with Crippen molar-refractivity contribution in [3.63, 3.8) is 0 Å². The van der Waals surface area contributed by atoms with Gasteiger partial charge in [0.1, 0.15) is 0 Å². The molecule has 0 unspecified atom stereocenters. The lowest BCUT2D eigenvalue weighted by atomic mass is 9.94. The summed E-state index contributed by atoms with van der Waals surface area (Å²) in [5.74, 6) is 0.334. The van der Waals surface area contributed by atoms with Crippen molar-refractivity contribution in [2.24, 2.45) is 5.73 Å². The highest BCUT2D eigenvalue weighted by atomic mass is 35.5. The highest BCUT2D eigenvalue weighted by Crippen LogP contribution is 2.25. The summed E-state index contributed by atoms with van der Waals surface area (Å²) in [7, 11) is 1.90. The summed E-state index contributed by atoms with van der Waals surface area (Å²) in [6.07, 6.45) is 5.89. The molecule has 2 rings (SSSR count). The van der Waals surface area contributed by atoms with Crippen molar-refractivity contribution in [1.82, 2.24) is 10.2 Å². The summed E-state index contributed by atoms with van der Waals surface area (Å²) >= 11 is 1.43. The molecule has 0 heterocycles. The number of hydrogen-bond acceptors (Lipinski definition) is 4. The molecule has 0 bridgehead atoms. The second kappa shape index (κ2) is 11.5. The summed E-state index contributed by atoms with van der Waals surface area (Å²) in [6, 6.07) is 7.69. The zero-order valence-electron chi connectivity index (χ0n) is 15.6. The quantitative estimate of drug-likeness (QED) is 0.691. The Kier molecular flexibility index (Phi) is 10.1. The Hall–Kier alpha value is -1.24. The fourth-order valence-electron chi connectivity index (χ4n) is 3.05. The van der Waals surface area contributed by atoms with E-state index in [0.717, 1.165) is 17.7 Å². The molecule has 1 saturated carbocycles. The van der Waals surface area contributed by atoms with Gasteiger partial charge in [-0.2, -0.15) is 0 Å². The van der Waals surface area contributed by atoms with Crippen LogP contribution in [-0.4, -0.2) is 48.1 Å². The topological polar surface area (TPSA) is 75.4 Å². The van der Waals surface area contributed by atoms with Crippen LogP contribution in [0.15, 0.2) is 29.2 Å². The SMILES string of the molecule is C[C@@H](CN)NC(=O)c1ccccc1SCC(=O)N(C)C1CCCCC1.Cl. The Morgan fingerprint density at radius 1 is 1.27 bits per heavy atom. The predicted octanol–water partition coefficient (Wildman–Crippen LogP) is 3.07. The van der Waals surface area contributed by atoms with Crippen molar-refractivity contribution in [1.29, 1.82) is 0 Å². The van der Waals surface area contributed by atoms with E-state index in [4.69, 9.17) is 5.73 Å². The van der Waals surface area contributed by atoms with Crippen molar-refractivity contribution >= 4 is 36.0 Å². The molecule has 1 aliphatic carbocycles. The Labute approximate surface area is 166 Å². The van der Waals surface area contributed by atoms with Gasteiger partial charge in [0.05, 0.1) is 11.3 Å². The van der Waals surface area contributed by atoms with Gasteiger partial charge in [-0.05, 0) is 31.9 Å². The molecule has 0 spiro atoms. The van der Waals surface area contributed by atoms with Gasteiger partial charge in [0.2, 0.25) is 5.91 Å².